The Morgan fingerprint density at radius 1 is 1.38 bits per heavy atom. The lowest BCUT2D eigenvalue weighted by atomic mass is 10.1. The normalized spacial score (nSPS) is 16.7. The Labute approximate surface area is 172 Å². The zero-order chi connectivity index (χ0) is 20.1. The Bertz CT molecular complexity index is 1270. The second-order valence-electron chi connectivity index (χ2n) is 7.44. The maximum atomic E-state index is 12.0. The second kappa shape index (κ2) is 6.70. The fraction of sp³-hybridized carbons (Fsp3) is 0.227. The van der Waals surface area contributed by atoms with E-state index in [1.165, 1.54) is 28.1 Å². The predicted octanol–water partition coefficient (Wildman–Crippen LogP) is 4.16. The van der Waals surface area contributed by atoms with Crippen LogP contribution in [-0.4, -0.2) is 38.4 Å². The van der Waals surface area contributed by atoms with Gasteiger partial charge in [0.25, 0.3) is 0 Å². The SMILES string of the molecule is C=CC(=O)N1CCC(n2cc(-c3cc4cccc(C)c4s3)c3c(N)ncnc32)C1. The van der Waals surface area contributed by atoms with Gasteiger partial charge in [0.15, 0.2) is 0 Å². The van der Waals surface area contributed by atoms with Gasteiger partial charge in [0.1, 0.15) is 17.8 Å². The molecule has 4 heterocycles. The number of aromatic nitrogens is 3. The van der Waals surface area contributed by atoms with Crippen LogP contribution in [-0.2, 0) is 4.79 Å². The van der Waals surface area contributed by atoms with Gasteiger partial charge in [-0.15, -0.1) is 11.3 Å². The number of anilines is 1. The molecule has 146 valence electrons. The van der Waals surface area contributed by atoms with Gasteiger partial charge >= 0.3 is 0 Å². The number of nitrogens with two attached hydrogens (primary N) is 1. The van der Waals surface area contributed by atoms with Gasteiger partial charge in [-0.2, -0.15) is 0 Å². The minimum absolute atomic E-state index is 0.0293. The molecule has 1 aromatic carbocycles. The average Bonchev–Trinajstić information content (AvgIpc) is 3.44. The van der Waals surface area contributed by atoms with Crippen molar-refractivity contribution in [1.82, 2.24) is 19.4 Å². The molecule has 1 fully saturated rings. The zero-order valence-corrected chi connectivity index (χ0v) is 16.9. The van der Waals surface area contributed by atoms with Crippen molar-refractivity contribution in [2.75, 3.05) is 18.8 Å². The van der Waals surface area contributed by atoms with Crippen molar-refractivity contribution < 1.29 is 4.79 Å². The molecule has 0 bridgehead atoms. The summed E-state index contributed by atoms with van der Waals surface area (Å²) in [5, 5.41) is 2.11. The largest absolute Gasteiger partial charge is 0.383 e. The lowest BCUT2D eigenvalue weighted by molar-refractivity contribution is -0.125. The first kappa shape index (κ1) is 17.9. The molecule has 7 heteroatoms. The molecule has 5 rings (SSSR count). The second-order valence-corrected chi connectivity index (χ2v) is 8.49. The lowest BCUT2D eigenvalue weighted by Gasteiger charge is -2.15. The Morgan fingerprint density at radius 3 is 3.03 bits per heavy atom. The summed E-state index contributed by atoms with van der Waals surface area (Å²) >= 11 is 1.76. The summed E-state index contributed by atoms with van der Waals surface area (Å²) in [7, 11) is 0. The van der Waals surface area contributed by atoms with Gasteiger partial charge in [-0.05, 0) is 36.4 Å². The molecule has 1 aliphatic heterocycles. The van der Waals surface area contributed by atoms with Gasteiger partial charge in [-0.25, -0.2) is 9.97 Å². The van der Waals surface area contributed by atoms with Crippen LogP contribution in [0.3, 0.4) is 0 Å². The fourth-order valence-electron chi connectivity index (χ4n) is 4.21. The molecule has 3 aromatic heterocycles. The van der Waals surface area contributed by atoms with Gasteiger partial charge in [0, 0.05) is 34.4 Å². The van der Waals surface area contributed by atoms with Crippen molar-refractivity contribution in [2.24, 2.45) is 0 Å². The maximum Gasteiger partial charge on any atom is 0.246 e. The maximum absolute atomic E-state index is 12.0. The molecule has 0 aliphatic carbocycles. The molecule has 4 aromatic rings. The van der Waals surface area contributed by atoms with Crippen molar-refractivity contribution in [3.8, 4) is 10.4 Å². The van der Waals surface area contributed by atoms with Crippen molar-refractivity contribution >= 4 is 44.2 Å². The van der Waals surface area contributed by atoms with E-state index in [2.05, 4.69) is 58.5 Å². The highest BCUT2D eigenvalue weighted by Crippen LogP contribution is 2.41. The van der Waals surface area contributed by atoms with Crippen molar-refractivity contribution in [2.45, 2.75) is 19.4 Å². The number of rotatable bonds is 3. The van der Waals surface area contributed by atoms with Gasteiger partial charge in [-0.1, -0.05) is 24.8 Å². The van der Waals surface area contributed by atoms with E-state index in [-0.39, 0.29) is 11.9 Å². The Morgan fingerprint density at radius 2 is 2.24 bits per heavy atom. The minimum atomic E-state index is -0.0293. The molecule has 29 heavy (non-hydrogen) atoms. The van der Waals surface area contributed by atoms with Crippen molar-refractivity contribution in [3.63, 3.8) is 0 Å². The molecule has 0 spiro atoms. The minimum Gasteiger partial charge on any atom is -0.383 e. The predicted molar refractivity (Wildman–Crippen MR) is 118 cm³/mol. The third-order valence-corrected chi connectivity index (χ3v) is 7.01. The summed E-state index contributed by atoms with van der Waals surface area (Å²) in [6.45, 7) is 7.09. The number of carbonyl (C=O) groups excluding carboxylic acids is 1. The summed E-state index contributed by atoms with van der Waals surface area (Å²) in [6.07, 6.45) is 5.89. The molecule has 1 unspecified atom stereocenters. The zero-order valence-electron chi connectivity index (χ0n) is 16.1. The van der Waals surface area contributed by atoms with Crippen molar-refractivity contribution in [3.05, 3.63) is 55.0 Å². The number of nitrogen functional groups attached to an aromatic ring is 1. The summed E-state index contributed by atoms with van der Waals surface area (Å²) in [5.41, 5.74) is 9.42. The Balaban J connectivity index is 1.66. The van der Waals surface area contributed by atoms with Crippen LogP contribution < -0.4 is 5.73 Å². The number of fused-ring (bicyclic) bond motifs is 2. The molecule has 0 saturated carbocycles. The average molecular weight is 404 g/mol. The Hall–Kier alpha value is -3.19. The van der Waals surface area contributed by atoms with E-state index in [9.17, 15) is 4.79 Å². The van der Waals surface area contributed by atoms with E-state index in [4.69, 9.17) is 5.73 Å². The molecule has 1 aliphatic rings. The van der Waals surface area contributed by atoms with Crippen LogP contribution in [0.5, 0.6) is 0 Å². The topological polar surface area (TPSA) is 77.0 Å². The van der Waals surface area contributed by atoms with Crippen LogP contribution in [0.25, 0.3) is 31.6 Å². The van der Waals surface area contributed by atoms with E-state index in [1.54, 1.807) is 11.3 Å². The third-order valence-electron chi connectivity index (χ3n) is 5.69. The van der Waals surface area contributed by atoms with Gasteiger partial charge in [0.2, 0.25) is 5.91 Å². The monoisotopic (exact) mass is 403 g/mol. The molecule has 0 radical (unpaired) electrons. The number of nitrogens with zero attached hydrogens (tertiary/aromatic N) is 4. The summed E-state index contributed by atoms with van der Waals surface area (Å²) < 4.78 is 3.44. The van der Waals surface area contributed by atoms with Crippen LogP contribution in [0.1, 0.15) is 18.0 Å². The van der Waals surface area contributed by atoms with Crippen LogP contribution in [0.15, 0.2) is 49.4 Å². The fourth-order valence-corrected chi connectivity index (χ4v) is 5.36. The number of amides is 1. The highest BCUT2D eigenvalue weighted by Gasteiger charge is 2.29. The van der Waals surface area contributed by atoms with Gasteiger partial charge in [0.05, 0.1) is 11.4 Å². The number of thiophene rings is 1. The van der Waals surface area contributed by atoms with Crippen LogP contribution in [0, 0.1) is 6.92 Å². The standard InChI is InChI=1S/C22H21N5OS/c1-3-18(28)26-8-7-15(10-26)27-11-16(19-21(23)24-12-25-22(19)27)17-9-14-6-4-5-13(2)20(14)29-17/h3-6,9,11-12,15H,1,7-8,10H2,2H3,(H2,23,24,25). The first-order chi connectivity index (χ1) is 14.1. The number of likely N-dealkylation sites (tertiary alicyclic amines) is 1. The number of benzene rings is 1. The van der Waals surface area contributed by atoms with E-state index in [0.29, 0.717) is 18.9 Å². The van der Waals surface area contributed by atoms with E-state index in [0.717, 1.165) is 27.9 Å². The molecule has 6 nitrogen and oxygen atoms in total. The summed E-state index contributed by atoms with van der Waals surface area (Å²) in [4.78, 5) is 23.8. The van der Waals surface area contributed by atoms with E-state index >= 15 is 0 Å². The Kier molecular flexibility index (Phi) is 4.13. The van der Waals surface area contributed by atoms with Gasteiger partial charge in [-0.3, -0.25) is 4.79 Å². The number of aryl methyl sites for hydroxylation is 1. The summed E-state index contributed by atoms with van der Waals surface area (Å²) in [6, 6.07) is 8.71. The van der Waals surface area contributed by atoms with Gasteiger partial charge < -0.3 is 15.2 Å². The highest BCUT2D eigenvalue weighted by atomic mass is 32.1. The molecular formula is C22H21N5OS. The van der Waals surface area contributed by atoms with E-state index < -0.39 is 0 Å². The molecule has 2 N–H and O–H groups in total. The molecule has 1 saturated heterocycles. The van der Waals surface area contributed by atoms with Crippen LogP contribution in [0.4, 0.5) is 5.82 Å². The smallest absolute Gasteiger partial charge is 0.246 e. The number of carbonyl (C=O) groups is 1. The van der Waals surface area contributed by atoms with Crippen LogP contribution in [0.2, 0.25) is 0 Å². The number of hydrogen-bond donors (Lipinski definition) is 1. The van der Waals surface area contributed by atoms with E-state index in [1.807, 2.05) is 4.90 Å². The summed E-state index contributed by atoms with van der Waals surface area (Å²) in [5.74, 6) is 0.452. The quantitative estimate of drug-likeness (QED) is 0.521. The number of hydrogen-bond acceptors (Lipinski definition) is 5. The highest BCUT2D eigenvalue weighted by molar-refractivity contribution is 7.22. The molecule has 1 amide bonds. The lowest BCUT2D eigenvalue weighted by Crippen LogP contribution is -2.27. The molecular weight excluding hydrogens is 382 g/mol. The van der Waals surface area contributed by atoms with Crippen molar-refractivity contribution in [1.29, 1.82) is 0 Å². The molecule has 1 atom stereocenters. The first-order valence-corrected chi connectivity index (χ1v) is 10.4. The first-order valence-electron chi connectivity index (χ1n) is 9.58. The van der Waals surface area contributed by atoms with Crippen LogP contribution >= 0.6 is 11.3 Å². The third kappa shape index (κ3) is 2.81.